The third kappa shape index (κ3) is 3.92. The molecular formula is C18H21ClN2O3S. The van der Waals surface area contributed by atoms with Crippen LogP contribution in [0, 0.1) is 5.92 Å². The molecule has 134 valence electrons. The second kappa shape index (κ2) is 8.08. The highest BCUT2D eigenvalue weighted by molar-refractivity contribution is 7.09. The first-order valence-corrected chi connectivity index (χ1v) is 9.13. The summed E-state index contributed by atoms with van der Waals surface area (Å²) >= 11 is 1.67. The van der Waals surface area contributed by atoms with Gasteiger partial charge in [-0.2, -0.15) is 0 Å². The number of hydrogen-bond donors (Lipinski definition) is 1. The summed E-state index contributed by atoms with van der Waals surface area (Å²) in [5.41, 5.74) is 0.865. The maximum Gasteiger partial charge on any atom is 0.231 e. The van der Waals surface area contributed by atoms with E-state index in [4.69, 9.17) is 9.47 Å². The van der Waals surface area contributed by atoms with E-state index in [1.54, 1.807) is 11.3 Å². The summed E-state index contributed by atoms with van der Waals surface area (Å²) in [6.07, 6.45) is 0.893. The number of carbonyl (C=O) groups is 1. The van der Waals surface area contributed by atoms with Gasteiger partial charge in [-0.05, 0) is 36.5 Å². The molecule has 3 heterocycles. The molecule has 5 nitrogen and oxygen atoms in total. The van der Waals surface area contributed by atoms with Gasteiger partial charge in [0.25, 0.3) is 0 Å². The molecule has 1 aromatic carbocycles. The minimum atomic E-state index is 0. The zero-order valence-electron chi connectivity index (χ0n) is 13.8. The number of amides is 1. The van der Waals surface area contributed by atoms with E-state index in [-0.39, 0.29) is 24.2 Å². The van der Waals surface area contributed by atoms with Crippen molar-refractivity contribution in [2.45, 2.75) is 13.0 Å². The summed E-state index contributed by atoms with van der Waals surface area (Å²) in [7, 11) is 0. The molecule has 7 heteroatoms. The number of halogens is 1. The average Bonchev–Trinajstić information content (AvgIpc) is 3.32. The first kappa shape index (κ1) is 18.0. The van der Waals surface area contributed by atoms with Crippen LogP contribution in [-0.2, 0) is 11.3 Å². The number of rotatable bonds is 4. The van der Waals surface area contributed by atoms with Crippen molar-refractivity contribution in [1.29, 1.82) is 0 Å². The van der Waals surface area contributed by atoms with Crippen LogP contribution in [0.1, 0.15) is 11.3 Å². The average molecular weight is 381 g/mol. The topological polar surface area (TPSA) is 50.8 Å². The van der Waals surface area contributed by atoms with Crippen LogP contribution < -0.4 is 19.7 Å². The summed E-state index contributed by atoms with van der Waals surface area (Å²) in [4.78, 5) is 16.1. The lowest BCUT2D eigenvalue weighted by Crippen LogP contribution is -2.36. The summed E-state index contributed by atoms with van der Waals surface area (Å²) in [5.74, 6) is 1.67. The van der Waals surface area contributed by atoms with E-state index in [9.17, 15) is 4.79 Å². The Kier molecular flexibility index (Phi) is 5.83. The van der Waals surface area contributed by atoms with Crippen molar-refractivity contribution in [3.63, 3.8) is 0 Å². The molecule has 0 saturated carbocycles. The molecule has 2 aromatic rings. The van der Waals surface area contributed by atoms with Gasteiger partial charge in [0.1, 0.15) is 13.2 Å². The Morgan fingerprint density at radius 2 is 2.08 bits per heavy atom. The van der Waals surface area contributed by atoms with Crippen molar-refractivity contribution in [1.82, 2.24) is 5.32 Å². The van der Waals surface area contributed by atoms with Gasteiger partial charge in [-0.15, -0.1) is 23.7 Å². The lowest BCUT2D eigenvalue weighted by molar-refractivity contribution is -0.121. The fraction of sp³-hybridized carbons (Fsp3) is 0.389. The maximum absolute atomic E-state index is 13.1. The number of carbonyl (C=O) groups excluding carboxylic acids is 1. The van der Waals surface area contributed by atoms with Crippen LogP contribution in [0.25, 0.3) is 0 Å². The second-order valence-electron chi connectivity index (χ2n) is 6.02. The molecule has 2 aliphatic rings. The van der Waals surface area contributed by atoms with Crippen LogP contribution >= 0.6 is 23.7 Å². The largest absolute Gasteiger partial charge is 0.486 e. The first-order chi connectivity index (χ1) is 11.8. The Morgan fingerprint density at radius 1 is 1.24 bits per heavy atom. The number of hydrogen-bond acceptors (Lipinski definition) is 5. The molecule has 0 bridgehead atoms. The van der Waals surface area contributed by atoms with E-state index in [1.807, 2.05) is 34.5 Å². The van der Waals surface area contributed by atoms with E-state index >= 15 is 0 Å². The fourth-order valence-electron chi connectivity index (χ4n) is 3.14. The van der Waals surface area contributed by atoms with Crippen LogP contribution in [0.2, 0.25) is 0 Å². The standard InChI is InChI=1S/C18H20N2O3S.ClH/c21-18(13-5-6-19-11-13)20(12-15-2-1-9-24-15)14-3-4-16-17(10-14)23-8-7-22-16;/h1-4,9-10,13,19H,5-8,11-12H2;1H. The SMILES string of the molecule is Cl.O=C(C1CCNC1)N(Cc1cccs1)c1ccc2c(c1)OCCO2. The van der Waals surface area contributed by atoms with E-state index in [0.29, 0.717) is 25.5 Å². The van der Waals surface area contributed by atoms with Gasteiger partial charge in [0.15, 0.2) is 11.5 Å². The van der Waals surface area contributed by atoms with Crippen LogP contribution in [0.5, 0.6) is 11.5 Å². The number of nitrogens with one attached hydrogen (secondary N) is 1. The van der Waals surface area contributed by atoms with Gasteiger partial charge >= 0.3 is 0 Å². The molecule has 1 atom stereocenters. The fourth-order valence-corrected chi connectivity index (χ4v) is 3.83. The molecular weight excluding hydrogens is 360 g/mol. The third-order valence-corrected chi connectivity index (χ3v) is 5.27. The lowest BCUT2D eigenvalue weighted by atomic mass is 10.1. The highest BCUT2D eigenvalue weighted by Gasteiger charge is 2.29. The highest BCUT2D eigenvalue weighted by atomic mass is 35.5. The monoisotopic (exact) mass is 380 g/mol. The van der Waals surface area contributed by atoms with Crippen LogP contribution in [-0.4, -0.2) is 32.2 Å². The smallest absolute Gasteiger partial charge is 0.231 e. The molecule has 4 rings (SSSR count). The van der Waals surface area contributed by atoms with Gasteiger partial charge in [0, 0.05) is 23.2 Å². The van der Waals surface area contributed by atoms with E-state index in [1.165, 1.54) is 4.88 Å². The number of anilines is 1. The Labute approximate surface area is 157 Å². The summed E-state index contributed by atoms with van der Waals surface area (Å²) in [6.45, 7) is 3.36. The molecule has 25 heavy (non-hydrogen) atoms. The molecule has 2 aliphatic heterocycles. The van der Waals surface area contributed by atoms with E-state index in [0.717, 1.165) is 30.9 Å². The van der Waals surface area contributed by atoms with Crippen molar-refractivity contribution >= 4 is 35.3 Å². The molecule has 1 aromatic heterocycles. The Bertz CT molecular complexity index is 717. The zero-order valence-corrected chi connectivity index (χ0v) is 15.4. The Hall–Kier alpha value is -1.76. The second-order valence-corrected chi connectivity index (χ2v) is 7.05. The minimum absolute atomic E-state index is 0. The zero-order chi connectivity index (χ0) is 16.4. The lowest BCUT2D eigenvalue weighted by Gasteiger charge is -2.27. The number of fused-ring (bicyclic) bond motifs is 1. The van der Waals surface area contributed by atoms with Gasteiger partial charge in [-0.25, -0.2) is 0 Å². The molecule has 1 amide bonds. The first-order valence-electron chi connectivity index (χ1n) is 8.25. The van der Waals surface area contributed by atoms with Gasteiger partial charge in [0.05, 0.1) is 12.5 Å². The third-order valence-electron chi connectivity index (χ3n) is 4.41. The van der Waals surface area contributed by atoms with Gasteiger partial charge in [0.2, 0.25) is 5.91 Å². The maximum atomic E-state index is 13.1. The molecule has 0 spiro atoms. The molecule has 1 saturated heterocycles. The summed E-state index contributed by atoms with van der Waals surface area (Å²) in [6, 6.07) is 9.84. The number of ether oxygens (including phenoxy) is 2. The predicted octanol–water partition coefficient (Wildman–Crippen LogP) is 3.08. The van der Waals surface area contributed by atoms with Gasteiger partial charge in [-0.1, -0.05) is 6.07 Å². The molecule has 0 radical (unpaired) electrons. The van der Waals surface area contributed by atoms with Gasteiger partial charge < -0.3 is 19.7 Å². The highest BCUT2D eigenvalue weighted by Crippen LogP contribution is 2.35. The molecule has 1 N–H and O–H groups in total. The van der Waals surface area contributed by atoms with Crippen LogP contribution in [0.3, 0.4) is 0 Å². The summed E-state index contributed by atoms with van der Waals surface area (Å²) < 4.78 is 11.3. The Balaban J connectivity index is 0.00000182. The minimum Gasteiger partial charge on any atom is -0.486 e. The quantitative estimate of drug-likeness (QED) is 0.885. The van der Waals surface area contributed by atoms with Crippen molar-refractivity contribution < 1.29 is 14.3 Å². The van der Waals surface area contributed by atoms with Crippen molar-refractivity contribution in [3.8, 4) is 11.5 Å². The van der Waals surface area contributed by atoms with Crippen LogP contribution in [0.15, 0.2) is 35.7 Å². The molecule has 1 unspecified atom stereocenters. The number of benzene rings is 1. The van der Waals surface area contributed by atoms with E-state index < -0.39 is 0 Å². The van der Waals surface area contributed by atoms with Crippen LogP contribution in [0.4, 0.5) is 5.69 Å². The van der Waals surface area contributed by atoms with Crippen molar-refractivity contribution in [3.05, 3.63) is 40.6 Å². The number of thiophene rings is 1. The molecule has 1 fully saturated rings. The van der Waals surface area contributed by atoms with Crippen molar-refractivity contribution in [2.75, 3.05) is 31.2 Å². The van der Waals surface area contributed by atoms with Crippen molar-refractivity contribution in [2.24, 2.45) is 5.92 Å². The summed E-state index contributed by atoms with van der Waals surface area (Å²) in [5, 5.41) is 5.32. The molecule has 0 aliphatic carbocycles. The Morgan fingerprint density at radius 3 is 2.80 bits per heavy atom. The predicted molar refractivity (Wildman–Crippen MR) is 101 cm³/mol. The number of nitrogens with zero attached hydrogens (tertiary/aromatic N) is 1. The van der Waals surface area contributed by atoms with E-state index in [2.05, 4.69) is 11.4 Å². The van der Waals surface area contributed by atoms with Gasteiger partial charge in [-0.3, -0.25) is 4.79 Å². The normalized spacial score (nSPS) is 18.5.